The van der Waals surface area contributed by atoms with Crippen molar-refractivity contribution in [2.45, 2.75) is 38.5 Å². The van der Waals surface area contributed by atoms with Gasteiger partial charge in [-0.25, -0.2) is 0 Å². The molecule has 0 unspecified atom stereocenters. The lowest BCUT2D eigenvalue weighted by molar-refractivity contribution is -0.183. The van der Waals surface area contributed by atoms with Crippen molar-refractivity contribution in [2.24, 2.45) is 17.3 Å². The van der Waals surface area contributed by atoms with Crippen LogP contribution in [0.1, 0.15) is 38.5 Å². The normalized spacial score (nSPS) is 44.5. The molecule has 0 aromatic rings. The summed E-state index contributed by atoms with van der Waals surface area (Å²) in [5.74, 6) is 0.661. The number of rotatable bonds is 0. The summed E-state index contributed by atoms with van der Waals surface area (Å²) in [7, 11) is 0. The molecule has 3 fully saturated rings. The molecule has 1 saturated heterocycles. The molecular weight excluding hydrogens is 192 g/mol. The van der Waals surface area contributed by atoms with E-state index < -0.39 is 0 Å². The first-order valence-corrected chi connectivity index (χ1v) is 5.95. The van der Waals surface area contributed by atoms with E-state index in [1.807, 2.05) is 0 Å². The maximum Gasteiger partial charge on any atom is 0.313 e. The monoisotopic (exact) mass is 208 g/mol. The highest BCUT2D eigenvalue weighted by Gasteiger charge is 2.64. The van der Waals surface area contributed by atoms with Crippen molar-refractivity contribution in [1.82, 2.24) is 0 Å². The molecule has 0 aromatic heterocycles. The third kappa shape index (κ3) is 1.06. The lowest BCUT2D eigenvalue weighted by Crippen LogP contribution is -2.59. The molecule has 3 rings (SSSR count). The van der Waals surface area contributed by atoms with Crippen LogP contribution in [0, 0.1) is 17.3 Å². The predicted molar refractivity (Wildman–Crippen MR) is 53.1 cm³/mol. The average Bonchev–Trinajstić information content (AvgIpc) is 2.30. The van der Waals surface area contributed by atoms with Crippen LogP contribution in [0.25, 0.3) is 0 Å². The summed E-state index contributed by atoms with van der Waals surface area (Å²) in [6.45, 7) is 0.554. The van der Waals surface area contributed by atoms with Gasteiger partial charge >= 0.3 is 5.97 Å². The topological polar surface area (TPSA) is 43.4 Å². The van der Waals surface area contributed by atoms with Gasteiger partial charge in [-0.1, -0.05) is 0 Å². The van der Waals surface area contributed by atoms with Gasteiger partial charge in [-0.3, -0.25) is 9.59 Å². The Labute approximate surface area is 89.2 Å². The maximum absolute atomic E-state index is 12.0. The number of cyclic esters (lactones) is 1. The van der Waals surface area contributed by atoms with Gasteiger partial charge in [0.25, 0.3) is 0 Å². The Morgan fingerprint density at radius 2 is 2.13 bits per heavy atom. The van der Waals surface area contributed by atoms with Crippen LogP contribution in [0.2, 0.25) is 0 Å². The molecule has 0 aromatic carbocycles. The van der Waals surface area contributed by atoms with Crippen molar-refractivity contribution in [3.05, 3.63) is 0 Å². The van der Waals surface area contributed by atoms with Crippen molar-refractivity contribution < 1.29 is 14.3 Å². The average molecular weight is 208 g/mol. The van der Waals surface area contributed by atoms with E-state index >= 15 is 0 Å². The second-order valence-corrected chi connectivity index (χ2v) is 5.12. The van der Waals surface area contributed by atoms with E-state index in [0.717, 1.165) is 32.1 Å². The minimum atomic E-state index is -0.383. The molecular formula is C12H16O3. The van der Waals surface area contributed by atoms with Gasteiger partial charge in [-0.15, -0.1) is 0 Å². The van der Waals surface area contributed by atoms with Crippen LogP contribution >= 0.6 is 0 Å². The first-order valence-electron chi connectivity index (χ1n) is 5.95. The Bertz CT molecular complexity index is 323. The predicted octanol–water partition coefficient (Wildman–Crippen LogP) is 1.70. The van der Waals surface area contributed by atoms with E-state index in [1.54, 1.807) is 0 Å². The zero-order valence-corrected chi connectivity index (χ0v) is 8.83. The molecule has 1 spiro atoms. The highest BCUT2D eigenvalue weighted by atomic mass is 16.5. The lowest BCUT2D eigenvalue weighted by Gasteiger charge is -2.54. The molecule has 3 heteroatoms. The van der Waals surface area contributed by atoms with Crippen molar-refractivity contribution in [1.29, 1.82) is 0 Å². The maximum atomic E-state index is 12.0. The van der Waals surface area contributed by atoms with Crippen LogP contribution in [-0.4, -0.2) is 18.4 Å². The van der Waals surface area contributed by atoms with E-state index in [0.29, 0.717) is 24.7 Å². The van der Waals surface area contributed by atoms with Crippen LogP contribution < -0.4 is 0 Å². The van der Waals surface area contributed by atoms with Crippen molar-refractivity contribution >= 4 is 11.8 Å². The number of Topliss-reactive ketones (excluding diaryl/α,β-unsaturated/α-hetero) is 1. The molecule has 2 aliphatic carbocycles. The highest BCUT2D eigenvalue weighted by molar-refractivity contribution is 5.92. The van der Waals surface area contributed by atoms with Crippen LogP contribution in [-0.2, 0) is 14.3 Å². The number of hydrogen-bond donors (Lipinski definition) is 0. The van der Waals surface area contributed by atoms with E-state index in [2.05, 4.69) is 0 Å². The van der Waals surface area contributed by atoms with E-state index in [4.69, 9.17) is 4.74 Å². The molecule has 0 radical (unpaired) electrons. The Kier molecular flexibility index (Phi) is 1.91. The summed E-state index contributed by atoms with van der Waals surface area (Å²) in [6, 6.07) is 0. The summed E-state index contributed by atoms with van der Waals surface area (Å²) < 4.78 is 5.25. The molecule has 3 aliphatic rings. The lowest BCUT2D eigenvalue weighted by atomic mass is 9.46. The van der Waals surface area contributed by atoms with Gasteiger partial charge in [0, 0.05) is 12.3 Å². The number of esters is 1. The summed E-state index contributed by atoms with van der Waals surface area (Å²) in [5, 5.41) is 0. The van der Waals surface area contributed by atoms with Crippen molar-refractivity contribution in [3.63, 3.8) is 0 Å². The third-order valence-electron chi connectivity index (χ3n) is 4.58. The summed E-state index contributed by atoms with van der Waals surface area (Å²) in [4.78, 5) is 23.8. The second kappa shape index (κ2) is 3.06. The fourth-order valence-electron chi connectivity index (χ4n) is 3.77. The van der Waals surface area contributed by atoms with E-state index in [9.17, 15) is 9.59 Å². The highest BCUT2D eigenvalue weighted by Crippen LogP contribution is 2.61. The summed E-state index contributed by atoms with van der Waals surface area (Å²) >= 11 is 0. The SMILES string of the molecule is O=C1CCC[C@@]23C(=O)OCCC[C@@H]2C[C@@H]13. The Hall–Kier alpha value is -0.860. The number of ether oxygens (including phenoxy) is 1. The molecule has 0 N–H and O–H groups in total. The number of ketones is 1. The zero-order chi connectivity index (χ0) is 10.5. The molecule has 3 nitrogen and oxygen atoms in total. The standard InChI is InChI=1S/C12H16O3/c13-10-4-1-5-12-8(7-9(10)12)3-2-6-15-11(12)14/h8-9H,1-7H2/t8-,9+,12-/m1/s1. The van der Waals surface area contributed by atoms with E-state index in [-0.39, 0.29) is 17.3 Å². The smallest absolute Gasteiger partial charge is 0.313 e. The fraction of sp³-hybridized carbons (Fsp3) is 0.833. The van der Waals surface area contributed by atoms with Crippen molar-refractivity contribution in [2.75, 3.05) is 6.61 Å². The van der Waals surface area contributed by atoms with Crippen LogP contribution in [0.4, 0.5) is 0 Å². The van der Waals surface area contributed by atoms with Gasteiger partial charge in [0.1, 0.15) is 5.78 Å². The molecule has 1 heterocycles. The van der Waals surface area contributed by atoms with Gasteiger partial charge in [-0.05, 0) is 38.0 Å². The van der Waals surface area contributed by atoms with Gasteiger partial charge in [-0.2, -0.15) is 0 Å². The van der Waals surface area contributed by atoms with Crippen LogP contribution in [0.15, 0.2) is 0 Å². The molecule has 1 aliphatic heterocycles. The third-order valence-corrected chi connectivity index (χ3v) is 4.58. The van der Waals surface area contributed by atoms with Crippen LogP contribution in [0.3, 0.4) is 0 Å². The van der Waals surface area contributed by atoms with Crippen molar-refractivity contribution in [3.8, 4) is 0 Å². The fourth-order valence-corrected chi connectivity index (χ4v) is 3.77. The first-order chi connectivity index (χ1) is 7.25. The van der Waals surface area contributed by atoms with Gasteiger partial charge in [0.05, 0.1) is 12.0 Å². The molecule has 2 saturated carbocycles. The Morgan fingerprint density at radius 3 is 3.00 bits per heavy atom. The Morgan fingerprint density at radius 1 is 1.27 bits per heavy atom. The minimum Gasteiger partial charge on any atom is -0.465 e. The summed E-state index contributed by atoms with van der Waals surface area (Å²) in [5.41, 5.74) is -0.383. The van der Waals surface area contributed by atoms with Gasteiger partial charge < -0.3 is 4.74 Å². The summed E-state index contributed by atoms with van der Waals surface area (Å²) in [6.07, 6.45) is 5.41. The number of carbonyl (C=O) groups excluding carboxylic acids is 2. The molecule has 15 heavy (non-hydrogen) atoms. The molecule has 0 bridgehead atoms. The number of hydrogen-bond acceptors (Lipinski definition) is 3. The second-order valence-electron chi connectivity index (χ2n) is 5.12. The quantitative estimate of drug-likeness (QED) is 0.569. The zero-order valence-electron chi connectivity index (χ0n) is 8.83. The molecule has 82 valence electrons. The van der Waals surface area contributed by atoms with Crippen LogP contribution in [0.5, 0.6) is 0 Å². The largest absolute Gasteiger partial charge is 0.465 e. The molecule has 0 amide bonds. The Balaban J connectivity index is 1.96. The first kappa shape index (κ1) is 9.37. The van der Waals surface area contributed by atoms with E-state index in [1.165, 1.54) is 0 Å². The molecule has 3 atom stereocenters. The van der Waals surface area contributed by atoms with Gasteiger partial charge in [0.15, 0.2) is 0 Å². The minimum absolute atomic E-state index is 0.00171. The number of carbonyl (C=O) groups is 2. The van der Waals surface area contributed by atoms with Gasteiger partial charge in [0.2, 0.25) is 0 Å².